The molecule has 15 heteroatoms. The van der Waals surface area contributed by atoms with Crippen LogP contribution in [0, 0.1) is 11.6 Å². The fourth-order valence-electron chi connectivity index (χ4n) is 1.93. The van der Waals surface area contributed by atoms with Crippen molar-refractivity contribution in [1.82, 2.24) is 29.9 Å². The minimum absolute atomic E-state index is 0. The summed E-state index contributed by atoms with van der Waals surface area (Å²) in [5, 5.41) is -0.288. The van der Waals surface area contributed by atoms with Crippen molar-refractivity contribution < 1.29 is 23.7 Å². The molecule has 2 heterocycles. The molecule has 0 saturated carbocycles. The molecule has 0 radical (unpaired) electrons. The van der Waals surface area contributed by atoms with Gasteiger partial charge in [-0.2, -0.15) is 29.9 Å². The van der Waals surface area contributed by atoms with Crippen molar-refractivity contribution in [2.24, 2.45) is 0 Å². The highest BCUT2D eigenvalue weighted by Crippen LogP contribution is 2.21. The zero-order valence-corrected chi connectivity index (χ0v) is 18.9. The first kappa shape index (κ1) is 26.3. The fourth-order valence-corrected chi connectivity index (χ4v) is 2.62. The Kier molecular flexibility index (Phi) is 9.82. The van der Waals surface area contributed by atoms with Crippen LogP contribution in [0.1, 0.15) is 0 Å². The molecular weight excluding hydrogens is 528 g/mol. The van der Waals surface area contributed by atoms with E-state index < -0.39 is 0 Å². The molecule has 0 amide bonds. The van der Waals surface area contributed by atoms with E-state index in [2.05, 4.69) is 29.9 Å². The molecule has 0 aliphatic heterocycles. The van der Waals surface area contributed by atoms with Gasteiger partial charge in [0.25, 0.3) is 0 Å². The molecule has 0 atom stereocenters. The topological polar surface area (TPSA) is 127 Å². The summed E-state index contributed by atoms with van der Waals surface area (Å²) in [5.74, 6) is 0.0255. The Labute approximate surface area is 204 Å². The van der Waals surface area contributed by atoms with Crippen LogP contribution in [0.15, 0.2) is 48.5 Å². The number of rotatable bonds is 4. The van der Waals surface area contributed by atoms with Gasteiger partial charge in [-0.3, -0.25) is 0 Å². The molecule has 0 aliphatic rings. The minimum atomic E-state index is -0.362. The number of nitrogens with zero attached hydrogens (tertiary/aromatic N) is 6. The van der Waals surface area contributed by atoms with Gasteiger partial charge in [0, 0.05) is 0 Å². The maximum Gasteiger partial charge on any atom is 0.327 e. The van der Waals surface area contributed by atoms with Crippen molar-refractivity contribution in [3.8, 4) is 23.5 Å². The Morgan fingerprint density at radius 3 is 1.03 bits per heavy atom. The fraction of sp³-hybridized carbons (Fsp3) is 0. The Bertz CT molecular complexity index is 1070. The van der Waals surface area contributed by atoms with E-state index in [-0.39, 0.29) is 50.3 Å². The summed E-state index contributed by atoms with van der Waals surface area (Å²) >= 11 is 22.2. The third-order valence-electron chi connectivity index (χ3n) is 3.17. The summed E-state index contributed by atoms with van der Waals surface area (Å²) in [7, 11) is 0. The average molecular weight is 538 g/mol. The highest BCUT2D eigenvalue weighted by atomic mass is 35.5. The second-order valence-corrected chi connectivity index (χ2v) is 6.78. The van der Waals surface area contributed by atoms with Gasteiger partial charge in [0.2, 0.25) is 21.1 Å². The van der Waals surface area contributed by atoms with Crippen LogP contribution in [0.25, 0.3) is 0 Å². The Morgan fingerprint density at radius 1 is 0.485 bits per heavy atom. The van der Waals surface area contributed by atoms with Crippen LogP contribution in [0.2, 0.25) is 21.1 Å². The lowest BCUT2D eigenvalue weighted by Crippen LogP contribution is -1.95. The first-order valence-electron chi connectivity index (χ1n) is 8.28. The van der Waals surface area contributed by atoms with Gasteiger partial charge >= 0.3 is 12.0 Å². The molecule has 0 unspecified atom stereocenters. The predicted octanol–water partition coefficient (Wildman–Crippen LogP) is 5.39. The van der Waals surface area contributed by atoms with E-state index in [9.17, 15) is 8.78 Å². The van der Waals surface area contributed by atoms with E-state index in [1.165, 1.54) is 48.5 Å². The molecule has 9 nitrogen and oxygen atoms in total. The van der Waals surface area contributed by atoms with Crippen molar-refractivity contribution in [1.29, 1.82) is 0 Å². The maximum absolute atomic E-state index is 12.6. The van der Waals surface area contributed by atoms with Gasteiger partial charge in [0.05, 0.1) is 0 Å². The molecule has 2 aromatic heterocycles. The van der Waals surface area contributed by atoms with Crippen molar-refractivity contribution in [2.45, 2.75) is 0 Å². The molecule has 0 spiro atoms. The lowest BCUT2D eigenvalue weighted by atomic mass is 10.3. The first-order chi connectivity index (χ1) is 15.3. The van der Waals surface area contributed by atoms with Crippen LogP contribution in [0.5, 0.6) is 23.5 Å². The molecule has 2 N–H and O–H groups in total. The van der Waals surface area contributed by atoms with E-state index in [1.807, 2.05) is 0 Å². The summed E-state index contributed by atoms with van der Waals surface area (Å²) in [5.41, 5.74) is 0. The molecule has 4 rings (SSSR count). The van der Waals surface area contributed by atoms with Crippen LogP contribution < -0.4 is 9.47 Å². The number of hydrogen-bond donors (Lipinski definition) is 0. The number of aromatic nitrogens is 6. The molecule has 33 heavy (non-hydrogen) atoms. The molecule has 0 fully saturated rings. The minimum Gasteiger partial charge on any atom is -0.424 e. The largest absolute Gasteiger partial charge is 0.424 e. The predicted molar refractivity (Wildman–Crippen MR) is 116 cm³/mol. The van der Waals surface area contributed by atoms with Crippen LogP contribution in [-0.4, -0.2) is 35.4 Å². The highest BCUT2D eigenvalue weighted by Gasteiger charge is 2.06. The number of halogens is 6. The van der Waals surface area contributed by atoms with E-state index in [4.69, 9.17) is 55.9 Å². The number of benzene rings is 2. The van der Waals surface area contributed by atoms with Crippen LogP contribution in [0.3, 0.4) is 0 Å². The number of ether oxygens (including phenoxy) is 2. The molecule has 172 valence electrons. The van der Waals surface area contributed by atoms with Crippen molar-refractivity contribution >= 4 is 46.4 Å². The van der Waals surface area contributed by atoms with Gasteiger partial charge in [-0.1, -0.05) is 0 Å². The van der Waals surface area contributed by atoms with Gasteiger partial charge in [-0.15, -0.1) is 0 Å². The second kappa shape index (κ2) is 12.3. The summed E-state index contributed by atoms with van der Waals surface area (Å²) in [6.45, 7) is 0. The van der Waals surface area contributed by atoms with Crippen LogP contribution in [-0.2, 0) is 0 Å². The maximum atomic E-state index is 12.6. The van der Waals surface area contributed by atoms with Crippen LogP contribution >= 0.6 is 46.4 Å². The monoisotopic (exact) mass is 536 g/mol. The zero-order valence-electron chi connectivity index (χ0n) is 15.9. The molecule has 0 bridgehead atoms. The van der Waals surface area contributed by atoms with Crippen LogP contribution in [0.4, 0.5) is 8.78 Å². The lowest BCUT2D eigenvalue weighted by Gasteiger charge is -2.03. The Hall–Kier alpha value is -2.96. The third-order valence-corrected chi connectivity index (χ3v) is 3.84. The Balaban J connectivity index is 0.000000227. The van der Waals surface area contributed by atoms with Gasteiger partial charge < -0.3 is 14.9 Å². The van der Waals surface area contributed by atoms with Crippen molar-refractivity contribution in [3.63, 3.8) is 0 Å². The SMILES string of the molecule is Fc1ccc(Oc2nc(Cl)nc(Cl)n2)cc1.Fc1ccc(Oc2nc(Cl)nc(Cl)n2)cc1.O. The van der Waals surface area contributed by atoms with Gasteiger partial charge in [-0.25, -0.2) is 8.78 Å². The van der Waals surface area contributed by atoms with Crippen molar-refractivity contribution in [3.05, 3.63) is 81.3 Å². The Morgan fingerprint density at radius 2 is 0.758 bits per heavy atom. The smallest absolute Gasteiger partial charge is 0.327 e. The molecule has 4 aromatic rings. The summed E-state index contributed by atoms with van der Waals surface area (Å²) in [6.07, 6.45) is 0. The van der Waals surface area contributed by atoms with Gasteiger partial charge in [0.1, 0.15) is 23.1 Å². The van der Waals surface area contributed by atoms with E-state index >= 15 is 0 Å². The normalized spacial score (nSPS) is 9.88. The van der Waals surface area contributed by atoms with E-state index in [1.54, 1.807) is 0 Å². The molecular formula is C18H10Cl4F2N6O3. The summed E-state index contributed by atoms with van der Waals surface area (Å²) in [4.78, 5) is 21.9. The molecule has 2 aromatic carbocycles. The van der Waals surface area contributed by atoms with Gasteiger partial charge in [0.15, 0.2) is 0 Å². The highest BCUT2D eigenvalue weighted by molar-refractivity contribution is 6.31. The standard InChI is InChI=1S/2C9H4Cl2FN3O.H2O/c2*10-7-13-8(11)15-9(14-7)16-6-3-1-5(12)2-4-6;/h2*1-4H;1H2. The quantitative estimate of drug-likeness (QED) is 0.338. The molecule has 0 aliphatic carbocycles. The lowest BCUT2D eigenvalue weighted by molar-refractivity contribution is 0.438. The van der Waals surface area contributed by atoms with Gasteiger partial charge in [-0.05, 0) is 94.9 Å². The first-order valence-corrected chi connectivity index (χ1v) is 9.79. The second-order valence-electron chi connectivity index (χ2n) is 5.42. The molecule has 0 saturated heterocycles. The summed E-state index contributed by atoms with van der Waals surface area (Å²) < 4.78 is 35.6. The third kappa shape index (κ3) is 8.83. The number of hydrogen-bond acceptors (Lipinski definition) is 8. The van der Waals surface area contributed by atoms with Crippen molar-refractivity contribution in [2.75, 3.05) is 0 Å². The van der Waals surface area contributed by atoms with E-state index in [0.717, 1.165) is 0 Å². The zero-order chi connectivity index (χ0) is 23.1. The van der Waals surface area contributed by atoms with E-state index in [0.29, 0.717) is 11.5 Å². The average Bonchev–Trinajstić information content (AvgIpc) is 2.71. The summed E-state index contributed by atoms with van der Waals surface area (Å²) in [6, 6.07) is 10.6.